The van der Waals surface area contributed by atoms with E-state index in [0.717, 1.165) is 17.1 Å². The van der Waals surface area contributed by atoms with Crippen LogP contribution in [0.2, 0.25) is 10.0 Å². The second-order valence-electron chi connectivity index (χ2n) is 5.73. The molecule has 0 spiro atoms. The van der Waals surface area contributed by atoms with E-state index in [1.54, 1.807) is 24.3 Å². The highest BCUT2D eigenvalue weighted by Gasteiger charge is 2.28. The molecule has 0 aromatic heterocycles. The fourth-order valence-electron chi connectivity index (χ4n) is 2.75. The van der Waals surface area contributed by atoms with Crippen molar-refractivity contribution >= 4 is 33.2 Å². The molecule has 24 heavy (non-hydrogen) atoms. The Morgan fingerprint density at radius 2 is 1.50 bits per heavy atom. The number of sulfonamides is 1. The van der Waals surface area contributed by atoms with Crippen molar-refractivity contribution in [2.24, 2.45) is 0 Å². The molecular formula is C17H18Cl2N2O2S. The van der Waals surface area contributed by atoms with Crippen molar-refractivity contribution in [1.29, 1.82) is 0 Å². The van der Waals surface area contributed by atoms with Crippen LogP contribution in [-0.2, 0) is 16.6 Å². The first-order valence-electron chi connectivity index (χ1n) is 7.68. The molecule has 0 N–H and O–H groups in total. The quantitative estimate of drug-likeness (QED) is 0.809. The smallest absolute Gasteiger partial charge is 0.243 e. The third-order valence-corrected chi connectivity index (χ3v) is 6.67. The molecule has 7 heteroatoms. The van der Waals surface area contributed by atoms with Crippen molar-refractivity contribution in [3.63, 3.8) is 0 Å². The standard InChI is InChI=1S/C17H18Cl2N2O2S/c18-15-5-7-16(8-6-15)24(22,23)21-11-9-20(10-12-21)13-14-3-1-2-4-17(14)19/h1-8H,9-13H2. The Kier molecular flexibility index (Phi) is 5.47. The maximum absolute atomic E-state index is 12.7. The second-order valence-corrected chi connectivity index (χ2v) is 8.51. The van der Waals surface area contributed by atoms with E-state index in [1.165, 1.54) is 4.31 Å². The van der Waals surface area contributed by atoms with E-state index >= 15 is 0 Å². The number of benzene rings is 2. The minimum atomic E-state index is -3.46. The second kappa shape index (κ2) is 7.42. The van der Waals surface area contributed by atoms with Crippen molar-refractivity contribution in [2.45, 2.75) is 11.4 Å². The molecule has 2 aromatic rings. The molecule has 128 valence electrons. The molecule has 1 aliphatic heterocycles. The predicted octanol–water partition coefficient (Wildman–Crippen LogP) is 3.50. The molecule has 0 saturated carbocycles. The van der Waals surface area contributed by atoms with E-state index in [9.17, 15) is 8.42 Å². The summed E-state index contributed by atoms with van der Waals surface area (Å²) in [6, 6.07) is 14.0. The lowest BCUT2D eigenvalue weighted by molar-refractivity contribution is 0.181. The van der Waals surface area contributed by atoms with Gasteiger partial charge < -0.3 is 0 Å². The van der Waals surface area contributed by atoms with Gasteiger partial charge in [-0.05, 0) is 35.9 Å². The van der Waals surface area contributed by atoms with E-state index in [0.29, 0.717) is 31.2 Å². The Bertz CT molecular complexity index is 802. The molecule has 1 fully saturated rings. The lowest BCUT2D eigenvalue weighted by atomic mass is 10.2. The average Bonchev–Trinajstić information content (AvgIpc) is 2.58. The van der Waals surface area contributed by atoms with Gasteiger partial charge in [0.05, 0.1) is 4.90 Å². The number of rotatable bonds is 4. The normalized spacial score (nSPS) is 17.1. The summed E-state index contributed by atoms with van der Waals surface area (Å²) in [6.07, 6.45) is 0. The predicted molar refractivity (Wildman–Crippen MR) is 96.9 cm³/mol. The van der Waals surface area contributed by atoms with Gasteiger partial charge in [0, 0.05) is 42.8 Å². The maximum Gasteiger partial charge on any atom is 0.243 e. The first-order valence-corrected chi connectivity index (χ1v) is 9.88. The number of hydrogen-bond donors (Lipinski definition) is 0. The fraction of sp³-hybridized carbons (Fsp3) is 0.294. The molecule has 4 nitrogen and oxygen atoms in total. The van der Waals surface area contributed by atoms with E-state index in [1.807, 2.05) is 24.3 Å². The van der Waals surface area contributed by atoms with Crippen LogP contribution in [0.1, 0.15) is 5.56 Å². The van der Waals surface area contributed by atoms with Crippen molar-refractivity contribution in [1.82, 2.24) is 9.21 Å². The molecule has 0 radical (unpaired) electrons. The van der Waals surface area contributed by atoms with Gasteiger partial charge in [-0.25, -0.2) is 8.42 Å². The molecule has 0 unspecified atom stereocenters. The van der Waals surface area contributed by atoms with Gasteiger partial charge in [-0.3, -0.25) is 4.90 Å². The highest BCUT2D eigenvalue weighted by Crippen LogP contribution is 2.22. The summed E-state index contributed by atoms with van der Waals surface area (Å²) in [4.78, 5) is 2.50. The van der Waals surface area contributed by atoms with Gasteiger partial charge in [-0.1, -0.05) is 41.4 Å². The zero-order valence-electron chi connectivity index (χ0n) is 13.0. The summed E-state index contributed by atoms with van der Waals surface area (Å²) in [5.41, 5.74) is 1.06. The SMILES string of the molecule is O=S(=O)(c1ccc(Cl)cc1)N1CCN(Cc2ccccc2Cl)CC1. The minimum absolute atomic E-state index is 0.284. The molecule has 1 saturated heterocycles. The van der Waals surface area contributed by atoms with Gasteiger partial charge in [0.2, 0.25) is 10.0 Å². The van der Waals surface area contributed by atoms with Gasteiger partial charge >= 0.3 is 0 Å². The third-order valence-electron chi connectivity index (χ3n) is 4.13. The molecule has 0 bridgehead atoms. The Morgan fingerprint density at radius 1 is 0.875 bits per heavy atom. The van der Waals surface area contributed by atoms with Gasteiger partial charge in [-0.2, -0.15) is 4.31 Å². The third kappa shape index (κ3) is 3.92. The van der Waals surface area contributed by atoms with Crippen LogP contribution < -0.4 is 0 Å². The Labute approximate surface area is 152 Å². The molecule has 0 aliphatic carbocycles. The zero-order chi connectivity index (χ0) is 17.2. The highest BCUT2D eigenvalue weighted by atomic mass is 35.5. The maximum atomic E-state index is 12.7. The molecule has 1 aliphatic rings. The largest absolute Gasteiger partial charge is 0.296 e. The topological polar surface area (TPSA) is 40.6 Å². The highest BCUT2D eigenvalue weighted by molar-refractivity contribution is 7.89. The Hall–Kier alpha value is -1.11. The monoisotopic (exact) mass is 384 g/mol. The van der Waals surface area contributed by atoms with Crippen molar-refractivity contribution < 1.29 is 8.42 Å². The summed E-state index contributed by atoms with van der Waals surface area (Å²) in [7, 11) is -3.46. The van der Waals surface area contributed by atoms with Crippen LogP contribution in [0.4, 0.5) is 0 Å². The molecule has 0 amide bonds. The Morgan fingerprint density at radius 3 is 2.12 bits per heavy atom. The summed E-state index contributed by atoms with van der Waals surface area (Å²) in [6.45, 7) is 3.02. The van der Waals surface area contributed by atoms with Crippen molar-refractivity contribution in [3.05, 3.63) is 64.1 Å². The summed E-state index contributed by atoms with van der Waals surface area (Å²) >= 11 is 12.0. The number of halogens is 2. The van der Waals surface area contributed by atoms with Crippen LogP contribution in [0.25, 0.3) is 0 Å². The van der Waals surface area contributed by atoms with E-state index in [4.69, 9.17) is 23.2 Å². The first-order chi connectivity index (χ1) is 11.5. The number of hydrogen-bond acceptors (Lipinski definition) is 3. The van der Waals surface area contributed by atoms with Crippen LogP contribution in [0.15, 0.2) is 53.4 Å². The van der Waals surface area contributed by atoms with Gasteiger partial charge in [-0.15, -0.1) is 0 Å². The van der Waals surface area contributed by atoms with Crippen LogP contribution >= 0.6 is 23.2 Å². The van der Waals surface area contributed by atoms with Crippen LogP contribution in [0.3, 0.4) is 0 Å². The van der Waals surface area contributed by atoms with E-state index in [-0.39, 0.29) is 4.90 Å². The molecule has 2 aromatic carbocycles. The van der Waals surface area contributed by atoms with Gasteiger partial charge in [0.15, 0.2) is 0 Å². The summed E-state index contributed by atoms with van der Waals surface area (Å²) < 4.78 is 26.8. The number of nitrogens with zero attached hydrogens (tertiary/aromatic N) is 2. The van der Waals surface area contributed by atoms with E-state index < -0.39 is 10.0 Å². The van der Waals surface area contributed by atoms with E-state index in [2.05, 4.69) is 4.90 Å². The zero-order valence-corrected chi connectivity index (χ0v) is 15.4. The lowest BCUT2D eigenvalue weighted by Gasteiger charge is -2.34. The van der Waals surface area contributed by atoms with Crippen molar-refractivity contribution in [2.75, 3.05) is 26.2 Å². The lowest BCUT2D eigenvalue weighted by Crippen LogP contribution is -2.48. The summed E-state index contributed by atoms with van der Waals surface area (Å²) in [5, 5.41) is 1.27. The van der Waals surface area contributed by atoms with Crippen LogP contribution in [-0.4, -0.2) is 43.8 Å². The number of piperazine rings is 1. The van der Waals surface area contributed by atoms with Crippen molar-refractivity contribution in [3.8, 4) is 0 Å². The van der Waals surface area contributed by atoms with Crippen LogP contribution in [0.5, 0.6) is 0 Å². The Balaban J connectivity index is 1.64. The fourth-order valence-corrected chi connectivity index (χ4v) is 4.49. The average molecular weight is 385 g/mol. The molecule has 0 atom stereocenters. The van der Waals surface area contributed by atoms with Crippen LogP contribution in [0, 0.1) is 0 Å². The molecule has 3 rings (SSSR count). The molecular weight excluding hydrogens is 367 g/mol. The summed E-state index contributed by atoms with van der Waals surface area (Å²) in [5.74, 6) is 0. The first kappa shape index (κ1) is 17.7. The van der Waals surface area contributed by atoms with Gasteiger partial charge in [0.25, 0.3) is 0 Å². The minimum Gasteiger partial charge on any atom is -0.296 e. The molecule has 1 heterocycles. The van der Waals surface area contributed by atoms with Gasteiger partial charge in [0.1, 0.15) is 0 Å².